The fourth-order valence-corrected chi connectivity index (χ4v) is 3.47. The summed E-state index contributed by atoms with van der Waals surface area (Å²) in [6, 6.07) is 0. The molecule has 1 aliphatic heterocycles. The molecule has 66 valence electrons. The van der Waals surface area contributed by atoms with Crippen LogP contribution < -0.4 is 5.73 Å². The number of anilines is 1. The van der Waals surface area contributed by atoms with Crippen LogP contribution in [0.1, 0.15) is 29.5 Å². The van der Waals surface area contributed by atoms with Gasteiger partial charge in [0.2, 0.25) is 5.13 Å². The molecule has 0 amide bonds. The first-order chi connectivity index (χ1) is 5.86. The molecule has 0 spiro atoms. The lowest BCUT2D eigenvalue weighted by molar-refractivity contribution is 0.679. The number of hydrogen-bond donors (Lipinski definition) is 1. The Kier molecular flexibility index (Phi) is 2.51. The Morgan fingerprint density at radius 3 is 2.83 bits per heavy atom. The molecule has 0 aliphatic carbocycles. The van der Waals surface area contributed by atoms with Crippen molar-refractivity contribution >= 4 is 28.2 Å². The van der Waals surface area contributed by atoms with Gasteiger partial charge in [-0.2, -0.15) is 11.8 Å². The van der Waals surface area contributed by atoms with Gasteiger partial charge in [0.15, 0.2) is 0 Å². The Hall–Kier alpha value is -0.290. The lowest BCUT2D eigenvalue weighted by atomic mass is 10.2. The van der Waals surface area contributed by atoms with Crippen LogP contribution in [0.3, 0.4) is 0 Å². The zero-order valence-electron chi connectivity index (χ0n) is 6.69. The van der Waals surface area contributed by atoms with Crippen LogP contribution in [0.2, 0.25) is 0 Å². The molecule has 2 N–H and O–H groups in total. The van der Waals surface area contributed by atoms with Gasteiger partial charge in [-0.05, 0) is 18.6 Å². The van der Waals surface area contributed by atoms with Crippen LogP contribution in [0.15, 0.2) is 0 Å². The molecule has 1 aromatic rings. The van der Waals surface area contributed by atoms with Gasteiger partial charge >= 0.3 is 0 Å². The van der Waals surface area contributed by atoms with Crippen LogP contribution in [0.5, 0.6) is 0 Å². The molecule has 2 rings (SSSR count). The normalized spacial score (nSPS) is 24.2. The number of nitrogens with zero attached hydrogens (tertiary/aromatic N) is 2. The Morgan fingerprint density at radius 1 is 1.33 bits per heavy atom. The second kappa shape index (κ2) is 3.62. The van der Waals surface area contributed by atoms with Gasteiger partial charge in [-0.15, -0.1) is 10.2 Å². The summed E-state index contributed by atoms with van der Waals surface area (Å²) in [6.45, 7) is 0. The molecule has 0 aromatic carbocycles. The molecule has 1 fully saturated rings. The molecule has 12 heavy (non-hydrogen) atoms. The van der Waals surface area contributed by atoms with Crippen LogP contribution in [0.4, 0.5) is 5.13 Å². The predicted octanol–water partition coefficient (Wildman–Crippen LogP) is 2.08. The van der Waals surface area contributed by atoms with Crippen molar-refractivity contribution < 1.29 is 0 Å². The quantitative estimate of drug-likeness (QED) is 0.755. The fraction of sp³-hybridized carbons (Fsp3) is 0.714. The number of aromatic nitrogens is 2. The summed E-state index contributed by atoms with van der Waals surface area (Å²) in [5.41, 5.74) is 5.52. The standard InChI is InChI=1S/C7H11N3S2/c8-7-10-9-6(12-7)5-3-1-2-4-11-5/h5H,1-4H2,(H2,8,10). The third-order valence-electron chi connectivity index (χ3n) is 1.91. The first kappa shape index (κ1) is 8.31. The molecule has 2 heterocycles. The smallest absolute Gasteiger partial charge is 0.203 e. The van der Waals surface area contributed by atoms with Crippen LogP contribution in [-0.4, -0.2) is 16.0 Å². The highest BCUT2D eigenvalue weighted by atomic mass is 32.2. The van der Waals surface area contributed by atoms with E-state index in [1.807, 2.05) is 11.8 Å². The van der Waals surface area contributed by atoms with E-state index in [-0.39, 0.29) is 0 Å². The predicted molar refractivity (Wildman–Crippen MR) is 53.4 cm³/mol. The van der Waals surface area contributed by atoms with Gasteiger partial charge in [0, 0.05) is 0 Å². The molecule has 1 unspecified atom stereocenters. The van der Waals surface area contributed by atoms with E-state index in [1.165, 1.54) is 36.4 Å². The maximum Gasteiger partial charge on any atom is 0.203 e. The highest BCUT2D eigenvalue weighted by molar-refractivity contribution is 7.99. The van der Waals surface area contributed by atoms with E-state index in [4.69, 9.17) is 5.73 Å². The number of rotatable bonds is 1. The fourth-order valence-electron chi connectivity index (χ4n) is 1.31. The number of nitrogen functional groups attached to an aromatic ring is 1. The lowest BCUT2D eigenvalue weighted by Gasteiger charge is -2.17. The molecular weight excluding hydrogens is 190 g/mol. The topological polar surface area (TPSA) is 51.8 Å². The summed E-state index contributed by atoms with van der Waals surface area (Å²) >= 11 is 3.51. The zero-order chi connectivity index (χ0) is 8.39. The highest BCUT2D eigenvalue weighted by Crippen LogP contribution is 2.39. The Bertz CT molecular complexity index is 255. The molecule has 3 nitrogen and oxygen atoms in total. The molecule has 0 saturated carbocycles. The van der Waals surface area contributed by atoms with Crippen molar-refractivity contribution in [2.45, 2.75) is 24.5 Å². The maximum atomic E-state index is 5.52. The average Bonchev–Trinajstić information content (AvgIpc) is 2.54. The summed E-state index contributed by atoms with van der Waals surface area (Å²) in [5, 5.41) is 10.2. The molecular formula is C7H11N3S2. The van der Waals surface area contributed by atoms with Crippen LogP contribution >= 0.6 is 23.1 Å². The van der Waals surface area contributed by atoms with Gasteiger partial charge in [-0.1, -0.05) is 17.8 Å². The van der Waals surface area contributed by atoms with Crippen LogP contribution in [0, 0.1) is 0 Å². The number of nitrogens with two attached hydrogens (primary N) is 1. The Morgan fingerprint density at radius 2 is 2.25 bits per heavy atom. The number of thioether (sulfide) groups is 1. The van der Waals surface area contributed by atoms with Gasteiger partial charge < -0.3 is 5.73 Å². The average molecular weight is 201 g/mol. The van der Waals surface area contributed by atoms with Gasteiger partial charge in [-0.25, -0.2) is 0 Å². The first-order valence-corrected chi connectivity index (χ1v) is 5.93. The monoisotopic (exact) mass is 201 g/mol. The maximum absolute atomic E-state index is 5.52. The molecule has 5 heteroatoms. The van der Waals surface area contributed by atoms with Crippen molar-refractivity contribution in [1.82, 2.24) is 10.2 Å². The highest BCUT2D eigenvalue weighted by Gasteiger charge is 2.19. The van der Waals surface area contributed by atoms with Gasteiger partial charge in [0.1, 0.15) is 5.01 Å². The van der Waals surface area contributed by atoms with E-state index in [0.29, 0.717) is 10.4 Å². The van der Waals surface area contributed by atoms with E-state index >= 15 is 0 Å². The third-order valence-corrected chi connectivity index (χ3v) is 4.31. The largest absolute Gasteiger partial charge is 0.374 e. The van der Waals surface area contributed by atoms with E-state index in [1.54, 1.807) is 0 Å². The second-order valence-corrected chi connectivity index (χ2v) is 5.19. The lowest BCUT2D eigenvalue weighted by Crippen LogP contribution is -2.01. The summed E-state index contributed by atoms with van der Waals surface area (Å²) in [6.07, 6.45) is 3.89. The minimum Gasteiger partial charge on any atom is -0.374 e. The zero-order valence-corrected chi connectivity index (χ0v) is 8.33. The summed E-state index contributed by atoms with van der Waals surface area (Å²) in [4.78, 5) is 0. The minimum atomic E-state index is 0.563. The van der Waals surface area contributed by atoms with Crippen molar-refractivity contribution in [3.8, 4) is 0 Å². The van der Waals surface area contributed by atoms with Crippen LogP contribution in [0.25, 0.3) is 0 Å². The van der Waals surface area contributed by atoms with Gasteiger partial charge in [-0.3, -0.25) is 0 Å². The van der Waals surface area contributed by atoms with E-state index in [9.17, 15) is 0 Å². The minimum absolute atomic E-state index is 0.563. The van der Waals surface area contributed by atoms with Crippen molar-refractivity contribution in [1.29, 1.82) is 0 Å². The summed E-state index contributed by atoms with van der Waals surface area (Å²) in [5.74, 6) is 1.25. The van der Waals surface area contributed by atoms with Gasteiger partial charge in [0.05, 0.1) is 5.25 Å². The first-order valence-electron chi connectivity index (χ1n) is 4.07. The molecule has 1 aliphatic rings. The van der Waals surface area contributed by atoms with Crippen molar-refractivity contribution in [3.63, 3.8) is 0 Å². The second-order valence-electron chi connectivity index (χ2n) is 2.83. The van der Waals surface area contributed by atoms with E-state index < -0.39 is 0 Å². The Labute approximate surface area is 79.8 Å². The SMILES string of the molecule is Nc1nnc(C2CCCCS2)s1. The van der Waals surface area contributed by atoms with Crippen molar-refractivity contribution in [2.24, 2.45) is 0 Å². The third kappa shape index (κ3) is 1.72. The Balaban J connectivity index is 2.08. The summed E-state index contributed by atoms with van der Waals surface area (Å²) < 4.78 is 0. The van der Waals surface area contributed by atoms with Crippen LogP contribution in [-0.2, 0) is 0 Å². The number of hydrogen-bond acceptors (Lipinski definition) is 5. The van der Waals surface area contributed by atoms with Crippen molar-refractivity contribution in [3.05, 3.63) is 5.01 Å². The molecule has 0 radical (unpaired) electrons. The molecule has 1 atom stereocenters. The molecule has 0 bridgehead atoms. The van der Waals surface area contributed by atoms with Crippen molar-refractivity contribution in [2.75, 3.05) is 11.5 Å². The molecule has 1 aromatic heterocycles. The van der Waals surface area contributed by atoms with E-state index in [0.717, 1.165) is 5.01 Å². The van der Waals surface area contributed by atoms with E-state index in [2.05, 4.69) is 10.2 Å². The van der Waals surface area contributed by atoms with Gasteiger partial charge in [0.25, 0.3) is 0 Å². The summed E-state index contributed by atoms with van der Waals surface area (Å²) in [7, 11) is 0. The molecule has 1 saturated heterocycles.